The van der Waals surface area contributed by atoms with Crippen LogP contribution in [0.5, 0.6) is 0 Å². The fourth-order valence-corrected chi connectivity index (χ4v) is 2.51. The Labute approximate surface area is 122 Å². The molecule has 0 saturated carbocycles. The number of anilines is 1. The third-order valence-electron chi connectivity index (χ3n) is 3.58. The summed E-state index contributed by atoms with van der Waals surface area (Å²) in [5, 5.41) is 22.7. The number of carbonyl (C=O) groups is 1. The van der Waals surface area contributed by atoms with E-state index in [2.05, 4.69) is 5.32 Å². The second kappa shape index (κ2) is 6.22. The molecule has 1 atom stereocenters. The van der Waals surface area contributed by atoms with Gasteiger partial charge in [-0.25, -0.2) is 0 Å². The lowest BCUT2D eigenvalue weighted by Crippen LogP contribution is -2.29. The predicted octanol–water partition coefficient (Wildman–Crippen LogP) is 1.43. The van der Waals surface area contributed by atoms with Crippen LogP contribution in [-0.2, 0) is 4.79 Å². The van der Waals surface area contributed by atoms with E-state index < -0.39 is 4.92 Å². The van der Waals surface area contributed by atoms with Crippen LogP contribution in [0, 0.1) is 27.4 Å². The Morgan fingerprint density at radius 3 is 3.00 bits per heavy atom. The van der Waals surface area contributed by atoms with Crippen molar-refractivity contribution in [2.24, 2.45) is 5.92 Å². The molecular formula is C14H16N4O3. The summed E-state index contributed by atoms with van der Waals surface area (Å²) in [5.41, 5.74) is 0.946. The summed E-state index contributed by atoms with van der Waals surface area (Å²) in [6.45, 7) is 3.60. The van der Waals surface area contributed by atoms with Crippen molar-refractivity contribution in [3.8, 4) is 6.07 Å². The lowest BCUT2D eigenvalue weighted by Gasteiger charge is -2.20. The van der Waals surface area contributed by atoms with Crippen LogP contribution in [-0.4, -0.2) is 30.5 Å². The minimum atomic E-state index is -0.506. The summed E-state index contributed by atoms with van der Waals surface area (Å²) in [6.07, 6.45) is 0.919. The molecule has 7 heteroatoms. The van der Waals surface area contributed by atoms with Crippen LogP contribution in [0.4, 0.5) is 11.4 Å². The highest BCUT2D eigenvalue weighted by Crippen LogP contribution is 2.29. The molecule has 7 nitrogen and oxygen atoms in total. The van der Waals surface area contributed by atoms with Gasteiger partial charge < -0.3 is 10.2 Å². The van der Waals surface area contributed by atoms with Crippen molar-refractivity contribution < 1.29 is 9.72 Å². The number of nitro benzene ring substituents is 1. The van der Waals surface area contributed by atoms with Crippen molar-refractivity contribution >= 4 is 17.3 Å². The van der Waals surface area contributed by atoms with E-state index in [1.807, 2.05) is 11.0 Å². The fourth-order valence-electron chi connectivity index (χ4n) is 2.51. The number of benzene rings is 1. The lowest BCUT2D eigenvalue weighted by atomic mass is 10.1. The molecule has 1 saturated heterocycles. The highest BCUT2D eigenvalue weighted by Gasteiger charge is 2.25. The Morgan fingerprint density at radius 1 is 1.62 bits per heavy atom. The highest BCUT2D eigenvalue weighted by atomic mass is 16.6. The maximum Gasteiger partial charge on any atom is 0.270 e. The molecular weight excluding hydrogens is 272 g/mol. The molecule has 1 fully saturated rings. The zero-order valence-electron chi connectivity index (χ0n) is 11.7. The van der Waals surface area contributed by atoms with Crippen LogP contribution in [0.1, 0.15) is 18.9 Å². The molecule has 2 rings (SSSR count). The largest absolute Gasteiger partial charge is 0.370 e. The number of nitrogens with zero attached hydrogens (tertiary/aromatic N) is 3. The Balaban J connectivity index is 2.11. The predicted molar refractivity (Wildman–Crippen MR) is 76.8 cm³/mol. The third-order valence-corrected chi connectivity index (χ3v) is 3.58. The smallest absolute Gasteiger partial charge is 0.270 e. The Morgan fingerprint density at radius 2 is 2.38 bits per heavy atom. The normalized spacial score (nSPS) is 17.3. The minimum Gasteiger partial charge on any atom is -0.370 e. The summed E-state index contributed by atoms with van der Waals surface area (Å²) in [5.74, 6) is 0.275. The first kappa shape index (κ1) is 14.8. The van der Waals surface area contributed by atoms with Gasteiger partial charge in [-0.15, -0.1) is 0 Å². The number of carbonyl (C=O) groups excluding carboxylic acids is 1. The van der Waals surface area contributed by atoms with Crippen molar-refractivity contribution in [2.75, 3.05) is 24.5 Å². The molecule has 21 heavy (non-hydrogen) atoms. The molecule has 0 bridgehead atoms. The van der Waals surface area contributed by atoms with Crippen LogP contribution in [0.2, 0.25) is 0 Å². The molecule has 1 aromatic rings. The highest BCUT2D eigenvalue weighted by molar-refractivity contribution is 5.72. The number of nitro groups is 1. The molecule has 0 aromatic heterocycles. The van der Waals surface area contributed by atoms with E-state index >= 15 is 0 Å². The SMILES string of the molecule is CC(=O)NC[C@H]1CCN(c2ccc([N+](=O)[O-])cc2C#N)C1. The van der Waals surface area contributed by atoms with Gasteiger partial charge >= 0.3 is 0 Å². The van der Waals surface area contributed by atoms with Gasteiger partial charge in [0.15, 0.2) is 0 Å². The van der Waals surface area contributed by atoms with E-state index in [0.717, 1.165) is 19.5 Å². The number of hydrogen-bond donors (Lipinski definition) is 1. The number of amides is 1. The average Bonchev–Trinajstić information content (AvgIpc) is 2.93. The van der Waals surface area contributed by atoms with E-state index in [4.69, 9.17) is 0 Å². The third kappa shape index (κ3) is 3.48. The quantitative estimate of drug-likeness (QED) is 0.667. The lowest BCUT2D eigenvalue weighted by molar-refractivity contribution is -0.384. The van der Waals surface area contributed by atoms with Crippen molar-refractivity contribution in [1.29, 1.82) is 5.26 Å². The monoisotopic (exact) mass is 288 g/mol. The van der Waals surface area contributed by atoms with E-state index in [9.17, 15) is 20.2 Å². The summed E-state index contributed by atoms with van der Waals surface area (Å²) in [6, 6.07) is 6.36. The van der Waals surface area contributed by atoms with Gasteiger partial charge in [0, 0.05) is 38.7 Å². The van der Waals surface area contributed by atoms with Gasteiger partial charge in [0.1, 0.15) is 6.07 Å². The molecule has 0 aliphatic carbocycles. The molecule has 1 heterocycles. The first-order chi connectivity index (χ1) is 10.0. The zero-order chi connectivity index (χ0) is 15.4. The van der Waals surface area contributed by atoms with E-state index in [0.29, 0.717) is 23.7 Å². The number of rotatable bonds is 4. The maximum absolute atomic E-state index is 10.9. The second-order valence-electron chi connectivity index (χ2n) is 5.11. The van der Waals surface area contributed by atoms with E-state index in [-0.39, 0.29) is 11.6 Å². The molecule has 0 radical (unpaired) electrons. The summed E-state index contributed by atoms with van der Waals surface area (Å²) >= 11 is 0. The van der Waals surface area contributed by atoms with Crippen LogP contribution >= 0.6 is 0 Å². The molecule has 0 spiro atoms. The molecule has 1 aromatic carbocycles. The standard InChI is InChI=1S/C14H16N4O3/c1-10(19)16-8-11-4-5-17(9-11)14-3-2-13(18(20)21)6-12(14)7-15/h2-3,6,11H,4-5,8-9H2,1H3,(H,16,19)/t11-/m1/s1. The van der Waals surface area contributed by atoms with Crippen molar-refractivity contribution in [3.05, 3.63) is 33.9 Å². The van der Waals surface area contributed by atoms with E-state index in [1.54, 1.807) is 6.07 Å². The topological polar surface area (TPSA) is 99.3 Å². The molecule has 1 amide bonds. The second-order valence-corrected chi connectivity index (χ2v) is 5.11. The first-order valence-electron chi connectivity index (χ1n) is 6.69. The van der Waals surface area contributed by atoms with Crippen molar-refractivity contribution in [1.82, 2.24) is 5.32 Å². The maximum atomic E-state index is 10.9. The fraction of sp³-hybridized carbons (Fsp3) is 0.429. The van der Waals surface area contributed by atoms with Crippen molar-refractivity contribution in [3.63, 3.8) is 0 Å². The van der Waals surface area contributed by atoms with Gasteiger partial charge in [-0.3, -0.25) is 14.9 Å². The van der Waals surface area contributed by atoms with Crippen LogP contribution in [0.15, 0.2) is 18.2 Å². The molecule has 1 aliphatic rings. The summed E-state index contributed by atoms with van der Waals surface area (Å²) < 4.78 is 0. The number of non-ortho nitro benzene ring substituents is 1. The van der Waals surface area contributed by atoms with Gasteiger partial charge in [-0.05, 0) is 18.4 Å². The number of nitrogens with one attached hydrogen (secondary N) is 1. The van der Waals surface area contributed by atoms with Crippen LogP contribution < -0.4 is 10.2 Å². The van der Waals surface area contributed by atoms with E-state index in [1.165, 1.54) is 19.1 Å². The Bertz CT molecular complexity index is 609. The van der Waals surface area contributed by atoms with Crippen LogP contribution in [0.25, 0.3) is 0 Å². The zero-order valence-corrected chi connectivity index (χ0v) is 11.7. The Kier molecular flexibility index (Phi) is 4.38. The van der Waals surface area contributed by atoms with Gasteiger partial charge in [-0.1, -0.05) is 0 Å². The molecule has 110 valence electrons. The summed E-state index contributed by atoms with van der Waals surface area (Å²) in [4.78, 5) is 23.2. The number of hydrogen-bond acceptors (Lipinski definition) is 5. The number of nitriles is 1. The summed E-state index contributed by atoms with van der Waals surface area (Å²) in [7, 11) is 0. The first-order valence-corrected chi connectivity index (χ1v) is 6.69. The molecule has 1 N–H and O–H groups in total. The minimum absolute atomic E-state index is 0.0542. The van der Waals surface area contributed by atoms with Crippen LogP contribution in [0.3, 0.4) is 0 Å². The van der Waals surface area contributed by atoms with Gasteiger partial charge in [-0.2, -0.15) is 5.26 Å². The molecule has 0 unspecified atom stereocenters. The van der Waals surface area contributed by atoms with Gasteiger partial charge in [0.05, 0.1) is 16.2 Å². The van der Waals surface area contributed by atoms with Gasteiger partial charge in [0.25, 0.3) is 5.69 Å². The van der Waals surface area contributed by atoms with Crippen molar-refractivity contribution in [2.45, 2.75) is 13.3 Å². The Hall–Kier alpha value is -2.62. The average molecular weight is 288 g/mol. The van der Waals surface area contributed by atoms with Gasteiger partial charge in [0.2, 0.25) is 5.91 Å². The molecule has 1 aliphatic heterocycles.